The van der Waals surface area contributed by atoms with Gasteiger partial charge in [-0.25, -0.2) is 0 Å². The van der Waals surface area contributed by atoms with Crippen molar-refractivity contribution < 1.29 is 22.4 Å². The highest BCUT2D eigenvalue weighted by molar-refractivity contribution is 6.04. The summed E-state index contributed by atoms with van der Waals surface area (Å²) in [5, 5.41) is 2.58. The van der Waals surface area contributed by atoms with Crippen LogP contribution in [0, 0.1) is 6.92 Å². The van der Waals surface area contributed by atoms with Crippen molar-refractivity contribution in [1.82, 2.24) is 0 Å². The minimum Gasteiger partial charge on any atom is -0.456 e. The van der Waals surface area contributed by atoms with Gasteiger partial charge in [0.2, 0.25) is 0 Å². The number of anilines is 2. The molecule has 134 valence electrons. The van der Waals surface area contributed by atoms with Crippen LogP contribution in [-0.2, 0) is 6.18 Å². The lowest BCUT2D eigenvalue weighted by Gasteiger charge is -2.31. The maximum Gasteiger partial charge on any atom is 0.416 e. The topological polar surface area (TPSA) is 45.5 Å². The van der Waals surface area contributed by atoms with E-state index in [1.54, 1.807) is 13.0 Å². The minimum atomic E-state index is -4.47. The van der Waals surface area contributed by atoms with E-state index in [1.807, 2.05) is 4.90 Å². The second-order valence-electron chi connectivity index (χ2n) is 6.14. The molecule has 2 heterocycles. The van der Waals surface area contributed by atoms with Crippen molar-refractivity contribution in [3.63, 3.8) is 0 Å². The zero-order chi connectivity index (χ0) is 18.0. The van der Waals surface area contributed by atoms with Gasteiger partial charge in [0.05, 0.1) is 16.9 Å². The average molecular weight is 352 g/mol. The fourth-order valence-electron chi connectivity index (χ4n) is 2.96. The Bertz CT molecular complexity index is 762. The Hall–Kier alpha value is -2.44. The van der Waals surface area contributed by atoms with Crippen molar-refractivity contribution in [2.75, 3.05) is 23.3 Å². The molecule has 0 aliphatic carbocycles. The molecule has 7 heteroatoms. The Morgan fingerprint density at radius 3 is 2.44 bits per heavy atom. The third-order valence-corrected chi connectivity index (χ3v) is 4.23. The summed E-state index contributed by atoms with van der Waals surface area (Å²) in [4.78, 5) is 14.3. The monoisotopic (exact) mass is 352 g/mol. The number of benzene rings is 1. The van der Waals surface area contributed by atoms with Crippen LogP contribution in [0.15, 0.2) is 34.7 Å². The second-order valence-corrected chi connectivity index (χ2v) is 6.14. The van der Waals surface area contributed by atoms with Crippen molar-refractivity contribution in [1.29, 1.82) is 0 Å². The summed E-state index contributed by atoms with van der Waals surface area (Å²) in [6, 6.07) is 6.59. The molecule has 1 aliphatic heterocycles. The minimum absolute atomic E-state index is 0.0690. The highest BCUT2D eigenvalue weighted by Gasteiger charge is 2.32. The predicted molar refractivity (Wildman–Crippen MR) is 88.9 cm³/mol. The zero-order valence-electron chi connectivity index (χ0n) is 13.8. The molecule has 0 radical (unpaired) electrons. The fourth-order valence-corrected chi connectivity index (χ4v) is 2.96. The van der Waals surface area contributed by atoms with Crippen LogP contribution in [0.25, 0.3) is 0 Å². The third kappa shape index (κ3) is 3.97. The van der Waals surface area contributed by atoms with Crippen LogP contribution in [-0.4, -0.2) is 19.0 Å². The second kappa shape index (κ2) is 6.82. The SMILES string of the molecule is Cc1ccc(C(=O)Nc2cc(C(F)(F)F)ccc2N2CCCCC2)o1. The summed E-state index contributed by atoms with van der Waals surface area (Å²) in [6.07, 6.45) is -1.41. The summed E-state index contributed by atoms with van der Waals surface area (Å²) >= 11 is 0. The molecular weight excluding hydrogens is 333 g/mol. The molecule has 1 aromatic heterocycles. The van der Waals surface area contributed by atoms with E-state index in [0.29, 0.717) is 11.4 Å². The van der Waals surface area contributed by atoms with Crippen molar-refractivity contribution >= 4 is 17.3 Å². The van der Waals surface area contributed by atoms with E-state index < -0.39 is 17.6 Å². The van der Waals surface area contributed by atoms with Crippen molar-refractivity contribution in [2.24, 2.45) is 0 Å². The number of halogens is 3. The zero-order valence-corrected chi connectivity index (χ0v) is 13.8. The third-order valence-electron chi connectivity index (χ3n) is 4.23. The van der Waals surface area contributed by atoms with Gasteiger partial charge in [0, 0.05) is 13.1 Å². The number of amides is 1. The Morgan fingerprint density at radius 1 is 1.12 bits per heavy atom. The van der Waals surface area contributed by atoms with Gasteiger partial charge in [-0.2, -0.15) is 13.2 Å². The normalized spacial score (nSPS) is 15.3. The van der Waals surface area contributed by atoms with Crippen molar-refractivity contribution in [3.8, 4) is 0 Å². The van der Waals surface area contributed by atoms with Crippen molar-refractivity contribution in [2.45, 2.75) is 32.4 Å². The summed E-state index contributed by atoms with van der Waals surface area (Å²) in [5.74, 6) is 0.0654. The molecule has 0 unspecified atom stereocenters. The highest BCUT2D eigenvalue weighted by Crippen LogP contribution is 2.36. The van der Waals surface area contributed by atoms with Crippen LogP contribution in [0.3, 0.4) is 0 Å². The standard InChI is InChI=1S/C18H19F3N2O2/c1-12-5-8-16(25-12)17(24)22-14-11-13(18(19,20)21)6-7-15(14)23-9-3-2-4-10-23/h5-8,11H,2-4,9-10H2,1H3,(H,22,24). The number of aryl methyl sites for hydroxylation is 1. The van der Waals surface area contributed by atoms with Gasteiger partial charge in [-0.15, -0.1) is 0 Å². The number of nitrogens with one attached hydrogen (secondary N) is 1. The van der Waals surface area contributed by atoms with Crippen molar-refractivity contribution in [3.05, 3.63) is 47.4 Å². The van der Waals surface area contributed by atoms with Gasteiger partial charge >= 0.3 is 6.18 Å². The van der Waals surface area contributed by atoms with Gasteiger partial charge in [-0.05, 0) is 56.5 Å². The molecule has 1 saturated heterocycles. The first kappa shape index (κ1) is 17.4. The Labute approximate surface area is 143 Å². The number of hydrogen-bond donors (Lipinski definition) is 1. The lowest BCUT2D eigenvalue weighted by Crippen LogP contribution is -2.30. The maximum atomic E-state index is 13.1. The van der Waals surface area contributed by atoms with Gasteiger partial charge < -0.3 is 14.6 Å². The number of rotatable bonds is 3. The van der Waals surface area contributed by atoms with Gasteiger partial charge in [0.25, 0.3) is 5.91 Å². The molecule has 3 rings (SSSR count). The number of carbonyl (C=O) groups excluding carboxylic acids is 1. The summed E-state index contributed by atoms with van der Waals surface area (Å²) in [5.41, 5.74) is -0.0423. The lowest BCUT2D eigenvalue weighted by molar-refractivity contribution is -0.137. The molecule has 1 aliphatic rings. The fraction of sp³-hybridized carbons (Fsp3) is 0.389. The van der Waals surface area contributed by atoms with E-state index in [4.69, 9.17) is 4.42 Å². The first-order chi connectivity index (χ1) is 11.8. The molecule has 1 N–H and O–H groups in total. The molecule has 25 heavy (non-hydrogen) atoms. The van der Waals surface area contributed by atoms with E-state index >= 15 is 0 Å². The number of hydrogen-bond acceptors (Lipinski definition) is 3. The summed E-state index contributed by atoms with van der Waals surface area (Å²) in [6.45, 7) is 3.21. The van der Waals surface area contributed by atoms with Crippen LogP contribution < -0.4 is 10.2 Å². The van der Waals surface area contributed by atoms with Gasteiger partial charge in [0.1, 0.15) is 5.76 Å². The number of piperidine rings is 1. The summed E-state index contributed by atoms with van der Waals surface area (Å²) in [7, 11) is 0. The largest absolute Gasteiger partial charge is 0.456 e. The van der Waals surface area contributed by atoms with E-state index in [-0.39, 0.29) is 11.4 Å². The molecule has 1 fully saturated rings. The Balaban J connectivity index is 1.93. The molecule has 0 bridgehead atoms. The molecule has 4 nitrogen and oxygen atoms in total. The van der Waals surface area contributed by atoms with Gasteiger partial charge in [0.15, 0.2) is 5.76 Å². The van der Waals surface area contributed by atoms with E-state index in [1.165, 1.54) is 12.1 Å². The number of furan rings is 1. The molecule has 1 amide bonds. The molecule has 0 spiro atoms. The van der Waals surface area contributed by atoms with E-state index in [2.05, 4.69) is 5.32 Å². The van der Waals surface area contributed by atoms with E-state index in [9.17, 15) is 18.0 Å². The Kier molecular flexibility index (Phi) is 4.74. The first-order valence-electron chi connectivity index (χ1n) is 8.18. The average Bonchev–Trinajstić information content (AvgIpc) is 3.01. The summed E-state index contributed by atoms with van der Waals surface area (Å²) < 4.78 is 44.4. The van der Waals surface area contributed by atoms with Crippen LogP contribution in [0.5, 0.6) is 0 Å². The quantitative estimate of drug-likeness (QED) is 0.859. The molecule has 2 aromatic rings. The van der Waals surface area contributed by atoms with Crippen LogP contribution in [0.2, 0.25) is 0 Å². The van der Waals surface area contributed by atoms with Crippen LogP contribution in [0.1, 0.15) is 41.1 Å². The van der Waals surface area contributed by atoms with Crippen LogP contribution in [0.4, 0.5) is 24.5 Å². The molecule has 0 atom stereocenters. The molecule has 1 aromatic carbocycles. The van der Waals surface area contributed by atoms with E-state index in [0.717, 1.165) is 44.5 Å². The predicted octanol–water partition coefficient (Wildman–Crippen LogP) is 4.85. The number of nitrogens with zero attached hydrogens (tertiary/aromatic N) is 1. The number of alkyl halides is 3. The van der Waals surface area contributed by atoms with Gasteiger partial charge in [-0.3, -0.25) is 4.79 Å². The Morgan fingerprint density at radius 2 is 1.84 bits per heavy atom. The molecular formula is C18H19F3N2O2. The van der Waals surface area contributed by atoms with Crippen LogP contribution >= 0.6 is 0 Å². The highest BCUT2D eigenvalue weighted by atomic mass is 19.4. The molecule has 0 saturated carbocycles. The maximum absolute atomic E-state index is 13.1. The first-order valence-corrected chi connectivity index (χ1v) is 8.18. The van der Waals surface area contributed by atoms with Gasteiger partial charge in [-0.1, -0.05) is 0 Å². The lowest BCUT2D eigenvalue weighted by atomic mass is 10.1. The smallest absolute Gasteiger partial charge is 0.416 e. The number of carbonyl (C=O) groups is 1.